The molecule has 1 saturated carbocycles. The Morgan fingerprint density at radius 3 is 2.86 bits per heavy atom. The van der Waals surface area contributed by atoms with Gasteiger partial charge >= 0.3 is 6.03 Å². The summed E-state index contributed by atoms with van der Waals surface area (Å²) in [6.45, 7) is 0.263. The summed E-state index contributed by atoms with van der Waals surface area (Å²) in [5, 5.41) is 4.90. The predicted octanol–water partition coefficient (Wildman–Crippen LogP) is 2.11. The zero-order valence-electron chi connectivity index (χ0n) is 15.1. The molecule has 28 heavy (non-hydrogen) atoms. The Bertz CT molecular complexity index is 928. The highest BCUT2D eigenvalue weighted by Gasteiger charge is 2.25. The predicted molar refractivity (Wildman–Crippen MR) is 100 cm³/mol. The Morgan fingerprint density at radius 2 is 2.11 bits per heavy atom. The summed E-state index contributed by atoms with van der Waals surface area (Å²) in [7, 11) is 0. The third-order valence-electron chi connectivity index (χ3n) is 4.67. The number of ether oxygens (including phenoxy) is 1. The Kier molecular flexibility index (Phi) is 4.88. The number of hydrogen-bond donors (Lipinski definition) is 2. The maximum atomic E-state index is 12.6. The van der Waals surface area contributed by atoms with E-state index in [9.17, 15) is 14.4 Å². The summed E-state index contributed by atoms with van der Waals surface area (Å²) in [6, 6.07) is 7.74. The maximum Gasteiger partial charge on any atom is 0.328 e. The van der Waals surface area contributed by atoms with Crippen LogP contribution in [0.5, 0.6) is 5.88 Å². The molecule has 2 heterocycles. The van der Waals surface area contributed by atoms with E-state index in [0.717, 1.165) is 19.3 Å². The van der Waals surface area contributed by atoms with E-state index in [-0.39, 0.29) is 30.9 Å². The number of rotatable bonds is 5. The molecule has 0 radical (unpaired) electrons. The van der Waals surface area contributed by atoms with Gasteiger partial charge in [0, 0.05) is 36.5 Å². The minimum absolute atomic E-state index is 0.147. The number of hydrogen-bond acceptors (Lipinski definition) is 6. The molecule has 9 nitrogen and oxygen atoms in total. The van der Waals surface area contributed by atoms with Crippen molar-refractivity contribution in [3.63, 3.8) is 0 Å². The van der Waals surface area contributed by atoms with E-state index in [0.29, 0.717) is 17.1 Å². The molecule has 1 aromatic carbocycles. The van der Waals surface area contributed by atoms with Crippen LogP contribution in [0.3, 0.4) is 0 Å². The lowest BCUT2D eigenvalue weighted by Crippen LogP contribution is -2.49. The first-order valence-electron chi connectivity index (χ1n) is 9.11. The van der Waals surface area contributed by atoms with Gasteiger partial charge < -0.3 is 4.74 Å². The van der Waals surface area contributed by atoms with Crippen LogP contribution in [0.15, 0.2) is 36.5 Å². The van der Waals surface area contributed by atoms with Gasteiger partial charge in [-0.15, -0.1) is 0 Å². The molecule has 2 N–H and O–H groups in total. The molecule has 4 amide bonds. The fourth-order valence-electron chi connectivity index (χ4n) is 2.93. The first kappa shape index (κ1) is 17.9. The number of nitrogens with zero attached hydrogens (tertiary/aromatic N) is 3. The molecule has 144 valence electrons. The van der Waals surface area contributed by atoms with Crippen LogP contribution in [-0.2, 0) is 4.79 Å². The number of carbonyl (C=O) groups excluding carboxylic acids is 3. The third-order valence-corrected chi connectivity index (χ3v) is 4.67. The Hall–Kier alpha value is -3.49. The normalized spacial score (nSPS) is 16.9. The van der Waals surface area contributed by atoms with Crippen LogP contribution >= 0.6 is 0 Å². The Morgan fingerprint density at radius 1 is 1.25 bits per heavy atom. The Labute approximate surface area is 161 Å². The van der Waals surface area contributed by atoms with Crippen LogP contribution in [0.1, 0.15) is 36.0 Å². The number of aromatic nitrogens is 2. The average molecular weight is 381 g/mol. The third kappa shape index (κ3) is 3.93. The van der Waals surface area contributed by atoms with Gasteiger partial charge in [0.05, 0.1) is 0 Å². The highest BCUT2D eigenvalue weighted by atomic mass is 16.5. The number of nitrogens with one attached hydrogen (secondary N) is 2. The van der Waals surface area contributed by atoms with Crippen LogP contribution in [0, 0.1) is 0 Å². The van der Waals surface area contributed by atoms with Crippen molar-refractivity contribution in [1.82, 2.24) is 15.3 Å². The summed E-state index contributed by atoms with van der Waals surface area (Å²) in [4.78, 5) is 45.6. The summed E-state index contributed by atoms with van der Waals surface area (Å²) >= 11 is 0. The second-order valence-corrected chi connectivity index (χ2v) is 6.65. The second-order valence-electron chi connectivity index (χ2n) is 6.65. The second kappa shape index (κ2) is 7.63. The summed E-state index contributed by atoms with van der Waals surface area (Å²) < 4.78 is 5.72. The van der Waals surface area contributed by atoms with Crippen molar-refractivity contribution in [3.05, 3.63) is 42.1 Å². The van der Waals surface area contributed by atoms with Gasteiger partial charge in [-0.25, -0.2) is 9.78 Å². The molecule has 2 aromatic rings. The van der Waals surface area contributed by atoms with Gasteiger partial charge in [-0.05, 0) is 37.5 Å². The van der Waals surface area contributed by atoms with Crippen LogP contribution in [0.4, 0.5) is 16.4 Å². The van der Waals surface area contributed by atoms with E-state index in [2.05, 4.69) is 20.6 Å². The number of benzene rings is 1. The number of carbonyl (C=O) groups is 3. The number of urea groups is 1. The fourth-order valence-corrected chi connectivity index (χ4v) is 2.93. The van der Waals surface area contributed by atoms with E-state index < -0.39 is 11.9 Å². The zero-order chi connectivity index (χ0) is 19.5. The zero-order valence-corrected chi connectivity index (χ0v) is 15.1. The van der Waals surface area contributed by atoms with E-state index in [4.69, 9.17) is 4.74 Å². The lowest BCUT2D eigenvalue weighted by atomic mass is 9.96. The van der Waals surface area contributed by atoms with E-state index in [1.165, 1.54) is 11.1 Å². The molecule has 1 aromatic heterocycles. The van der Waals surface area contributed by atoms with Crippen molar-refractivity contribution in [2.75, 3.05) is 16.8 Å². The SMILES string of the molecule is O=C1CCN(c2cccc(C(=O)Nc3nccc(OC4CCC4)n3)c2)C(=O)N1. The quantitative estimate of drug-likeness (QED) is 0.820. The van der Waals surface area contributed by atoms with Crippen molar-refractivity contribution in [1.29, 1.82) is 0 Å². The molecular weight excluding hydrogens is 362 g/mol. The van der Waals surface area contributed by atoms with Crippen LogP contribution < -0.4 is 20.3 Å². The van der Waals surface area contributed by atoms with Crippen molar-refractivity contribution in [2.45, 2.75) is 31.8 Å². The molecular formula is C19H19N5O4. The molecule has 1 saturated heterocycles. The van der Waals surface area contributed by atoms with E-state index >= 15 is 0 Å². The van der Waals surface area contributed by atoms with Gasteiger partial charge in [-0.1, -0.05) is 6.07 Å². The highest BCUT2D eigenvalue weighted by Crippen LogP contribution is 2.24. The van der Waals surface area contributed by atoms with Crippen molar-refractivity contribution in [3.8, 4) is 5.88 Å². The van der Waals surface area contributed by atoms with Crippen LogP contribution in [0.2, 0.25) is 0 Å². The Balaban J connectivity index is 1.46. The minimum Gasteiger partial charge on any atom is -0.474 e. The molecule has 1 aliphatic carbocycles. The number of amides is 4. The maximum absolute atomic E-state index is 12.6. The highest BCUT2D eigenvalue weighted by molar-refractivity contribution is 6.07. The number of imide groups is 1. The average Bonchev–Trinajstić information content (AvgIpc) is 2.65. The van der Waals surface area contributed by atoms with Gasteiger partial charge in [-0.2, -0.15) is 4.98 Å². The van der Waals surface area contributed by atoms with Gasteiger partial charge in [0.2, 0.25) is 17.7 Å². The molecule has 2 fully saturated rings. The van der Waals surface area contributed by atoms with Crippen LogP contribution in [0.25, 0.3) is 0 Å². The molecule has 2 aliphatic rings. The molecule has 0 unspecified atom stereocenters. The van der Waals surface area contributed by atoms with Gasteiger partial charge in [0.15, 0.2) is 0 Å². The summed E-state index contributed by atoms with van der Waals surface area (Å²) in [5.74, 6) is -0.139. The van der Waals surface area contributed by atoms with Crippen molar-refractivity contribution < 1.29 is 19.1 Å². The van der Waals surface area contributed by atoms with Crippen molar-refractivity contribution >= 4 is 29.5 Å². The van der Waals surface area contributed by atoms with E-state index in [1.54, 1.807) is 30.3 Å². The number of anilines is 2. The lowest BCUT2D eigenvalue weighted by Gasteiger charge is -2.26. The molecule has 0 spiro atoms. The molecule has 0 atom stereocenters. The molecule has 1 aliphatic heterocycles. The van der Waals surface area contributed by atoms with Gasteiger partial charge in [0.1, 0.15) is 6.10 Å². The lowest BCUT2D eigenvalue weighted by molar-refractivity contribution is -0.120. The van der Waals surface area contributed by atoms with Crippen molar-refractivity contribution in [2.24, 2.45) is 0 Å². The summed E-state index contributed by atoms with van der Waals surface area (Å²) in [6.07, 6.45) is 5.09. The first-order valence-corrected chi connectivity index (χ1v) is 9.11. The molecule has 0 bridgehead atoms. The standard InChI is InChI=1S/C19H19N5O4/c25-15-8-10-24(19(27)21-15)13-4-1-3-12(11-13)17(26)23-18-20-9-7-16(22-18)28-14-5-2-6-14/h1,3-4,7,9,11,14H,2,5-6,8,10H2,(H,21,25,27)(H,20,22,23,26). The first-order chi connectivity index (χ1) is 13.6. The monoisotopic (exact) mass is 381 g/mol. The molecule has 9 heteroatoms. The molecule has 4 rings (SSSR count). The summed E-state index contributed by atoms with van der Waals surface area (Å²) in [5.41, 5.74) is 0.872. The fraction of sp³-hybridized carbons (Fsp3) is 0.316. The van der Waals surface area contributed by atoms with Crippen LogP contribution in [-0.4, -0.2) is 40.5 Å². The van der Waals surface area contributed by atoms with Gasteiger partial charge in [-0.3, -0.25) is 25.1 Å². The largest absolute Gasteiger partial charge is 0.474 e. The topological polar surface area (TPSA) is 114 Å². The smallest absolute Gasteiger partial charge is 0.328 e. The minimum atomic E-state index is -0.502. The van der Waals surface area contributed by atoms with E-state index in [1.807, 2.05) is 0 Å². The van der Waals surface area contributed by atoms with Gasteiger partial charge in [0.25, 0.3) is 5.91 Å².